The van der Waals surface area contributed by atoms with Gasteiger partial charge in [0.25, 0.3) is 0 Å². The molecule has 4 N–H and O–H groups in total. The number of nitrogens with zero attached hydrogens (tertiary/aromatic N) is 3. The van der Waals surface area contributed by atoms with Crippen LogP contribution >= 0.6 is 0 Å². The smallest absolute Gasteiger partial charge is 0.319 e. The molecule has 2 heterocycles. The summed E-state index contributed by atoms with van der Waals surface area (Å²) in [5.41, 5.74) is 1.67. The summed E-state index contributed by atoms with van der Waals surface area (Å²) in [5, 5.41) is 11.8. The van der Waals surface area contributed by atoms with E-state index in [9.17, 15) is 4.79 Å². The molecule has 3 rings (SSSR count). The fourth-order valence-corrected chi connectivity index (χ4v) is 2.68. The van der Waals surface area contributed by atoms with Crippen molar-refractivity contribution in [1.82, 2.24) is 20.3 Å². The summed E-state index contributed by atoms with van der Waals surface area (Å²) >= 11 is 0. The highest BCUT2D eigenvalue weighted by molar-refractivity contribution is 5.89. The molecular formula is C21H25N7O3. The Bertz CT molecular complexity index is 1010. The van der Waals surface area contributed by atoms with Crippen LogP contribution in [-0.4, -0.2) is 48.3 Å². The summed E-state index contributed by atoms with van der Waals surface area (Å²) in [6.07, 6.45) is 3.19. The van der Waals surface area contributed by atoms with Gasteiger partial charge in [0.1, 0.15) is 35.3 Å². The number of amides is 2. The van der Waals surface area contributed by atoms with Gasteiger partial charge in [-0.1, -0.05) is 0 Å². The molecule has 2 aromatic heterocycles. The first-order valence-corrected chi connectivity index (χ1v) is 9.59. The zero-order chi connectivity index (χ0) is 22.1. The van der Waals surface area contributed by atoms with Crippen molar-refractivity contribution in [2.75, 3.05) is 43.3 Å². The van der Waals surface area contributed by atoms with E-state index in [4.69, 9.17) is 9.47 Å². The van der Waals surface area contributed by atoms with E-state index in [2.05, 4.69) is 36.2 Å². The summed E-state index contributed by atoms with van der Waals surface area (Å²) in [7, 11) is 3.10. The number of aryl methyl sites for hydroxylation is 1. The molecule has 0 fully saturated rings. The van der Waals surface area contributed by atoms with Gasteiger partial charge in [0.05, 0.1) is 14.2 Å². The predicted octanol–water partition coefficient (Wildman–Crippen LogP) is 3.17. The Morgan fingerprint density at radius 2 is 1.61 bits per heavy atom. The zero-order valence-electron chi connectivity index (χ0n) is 17.6. The van der Waals surface area contributed by atoms with Crippen LogP contribution in [0.1, 0.15) is 5.56 Å². The molecule has 0 spiro atoms. The standard InChI is InChI=1S/C21H25N7O3/c1-14-4-5-22-19(8-14)28-20-12-18(25-13-26-20)23-6-7-24-21(29)27-15-9-16(30-2)11-17(10-15)31-3/h4-5,8-13H,6-7H2,1-3H3,(H2,24,27,29)(H2,22,23,25,26,28). The summed E-state index contributed by atoms with van der Waals surface area (Å²) in [6, 6.07) is 10.4. The number of nitrogens with one attached hydrogen (secondary N) is 4. The van der Waals surface area contributed by atoms with Gasteiger partial charge in [-0.2, -0.15) is 0 Å². The van der Waals surface area contributed by atoms with Gasteiger partial charge in [-0.3, -0.25) is 0 Å². The highest BCUT2D eigenvalue weighted by Crippen LogP contribution is 2.25. The lowest BCUT2D eigenvalue weighted by Gasteiger charge is -2.11. The Morgan fingerprint density at radius 3 is 2.32 bits per heavy atom. The molecule has 0 unspecified atom stereocenters. The lowest BCUT2D eigenvalue weighted by molar-refractivity contribution is 0.252. The topological polar surface area (TPSA) is 122 Å². The minimum Gasteiger partial charge on any atom is -0.497 e. The van der Waals surface area contributed by atoms with Crippen LogP contribution in [0.25, 0.3) is 0 Å². The number of hydrogen-bond donors (Lipinski definition) is 4. The first-order valence-electron chi connectivity index (χ1n) is 9.59. The van der Waals surface area contributed by atoms with E-state index in [1.807, 2.05) is 19.1 Å². The second kappa shape index (κ2) is 10.6. The molecule has 0 aliphatic rings. The maximum absolute atomic E-state index is 12.1. The van der Waals surface area contributed by atoms with Crippen LogP contribution in [0, 0.1) is 6.92 Å². The average molecular weight is 423 g/mol. The monoisotopic (exact) mass is 423 g/mol. The van der Waals surface area contributed by atoms with Gasteiger partial charge in [-0.05, 0) is 24.6 Å². The van der Waals surface area contributed by atoms with Crippen molar-refractivity contribution in [2.24, 2.45) is 0 Å². The maximum Gasteiger partial charge on any atom is 0.319 e. The van der Waals surface area contributed by atoms with E-state index < -0.39 is 0 Å². The summed E-state index contributed by atoms with van der Waals surface area (Å²) in [5.74, 6) is 3.13. The van der Waals surface area contributed by atoms with Gasteiger partial charge < -0.3 is 30.7 Å². The first-order chi connectivity index (χ1) is 15.1. The molecule has 0 aliphatic carbocycles. The molecule has 0 radical (unpaired) electrons. The van der Waals surface area contributed by atoms with Gasteiger partial charge in [0, 0.05) is 49.2 Å². The molecule has 31 heavy (non-hydrogen) atoms. The van der Waals surface area contributed by atoms with E-state index in [-0.39, 0.29) is 6.03 Å². The van der Waals surface area contributed by atoms with Crippen molar-refractivity contribution in [1.29, 1.82) is 0 Å². The van der Waals surface area contributed by atoms with Crippen LogP contribution in [-0.2, 0) is 0 Å². The van der Waals surface area contributed by atoms with Crippen LogP contribution in [0.4, 0.5) is 27.9 Å². The van der Waals surface area contributed by atoms with Gasteiger partial charge in [0.15, 0.2) is 0 Å². The molecule has 162 valence electrons. The molecule has 1 aromatic carbocycles. The highest BCUT2D eigenvalue weighted by Gasteiger charge is 2.06. The average Bonchev–Trinajstić information content (AvgIpc) is 2.76. The maximum atomic E-state index is 12.1. The number of benzene rings is 1. The number of pyridine rings is 1. The van der Waals surface area contributed by atoms with Crippen LogP contribution in [0.5, 0.6) is 11.5 Å². The Kier molecular flexibility index (Phi) is 7.41. The third-order valence-electron chi connectivity index (χ3n) is 4.16. The largest absolute Gasteiger partial charge is 0.497 e. The molecule has 10 heteroatoms. The van der Waals surface area contributed by atoms with E-state index in [0.29, 0.717) is 47.7 Å². The summed E-state index contributed by atoms with van der Waals surface area (Å²) < 4.78 is 10.4. The second-order valence-corrected chi connectivity index (χ2v) is 6.54. The zero-order valence-corrected chi connectivity index (χ0v) is 17.6. The van der Waals surface area contributed by atoms with Crippen LogP contribution in [0.15, 0.2) is 48.9 Å². The van der Waals surface area contributed by atoms with Crippen molar-refractivity contribution in [3.63, 3.8) is 0 Å². The molecule has 3 aromatic rings. The third kappa shape index (κ3) is 6.74. The lowest BCUT2D eigenvalue weighted by atomic mass is 10.3. The third-order valence-corrected chi connectivity index (χ3v) is 4.16. The fourth-order valence-electron chi connectivity index (χ4n) is 2.68. The molecule has 0 saturated carbocycles. The molecule has 2 amide bonds. The van der Waals surface area contributed by atoms with Crippen LogP contribution < -0.4 is 30.7 Å². The number of carbonyl (C=O) groups excluding carboxylic acids is 1. The Morgan fingerprint density at radius 1 is 0.903 bits per heavy atom. The van der Waals surface area contributed by atoms with Gasteiger partial charge in [-0.15, -0.1) is 0 Å². The number of aromatic nitrogens is 3. The van der Waals surface area contributed by atoms with E-state index in [1.165, 1.54) is 6.33 Å². The van der Waals surface area contributed by atoms with Gasteiger partial charge in [0.2, 0.25) is 0 Å². The molecule has 0 atom stereocenters. The number of rotatable bonds is 9. The number of methoxy groups -OCH3 is 2. The molecule has 0 bridgehead atoms. The summed E-state index contributed by atoms with van der Waals surface area (Å²) in [4.78, 5) is 24.8. The highest BCUT2D eigenvalue weighted by atomic mass is 16.5. The second-order valence-electron chi connectivity index (χ2n) is 6.54. The number of carbonyl (C=O) groups is 1. The van der Waals surface area contributed by atoms with Gasteiger partial charge >= 0.3 is 6.03 Å². The Hall–Kier alpha value is -4.08. The normalized spacial score (nSPS) is 10.2. The Balaban J connectivity index is 1.46. The van der Waals surface area contributed by atoms with Crippen molar-refractivity contribution in [2.45, 2.75) is 6.92 Å². The molecular weight excluding hydrogens is 398 g/mol. The number of urea groups is 1. The van der Waals surface area contributed by atoms with E-state index >= 15 is 0 Å². The van der Waals surface area contributed by atoms with Crippen molar-refractivity contribution in [3.8, 4) is 11.5 Å². The van der Waals surface area contributed by atoms with Crippen LogP contribution in [0.3, 0.4) is 0 Å². The SMILES string of the molecule is COc1cc(NC(=O)NCCNc2cc(Nc3cc(C)ccn3)ncn2)cc(OC)c1. The number of anilines is 4. The quantitative estimate of drug-likeness (QED) is 0.387. The summed E-state index contributed by atoms with van der Waals surface area (Å²) in [6.45, 7) is 2.86. The lowest BCUT2D eigenvalue weighted by Crippen LogP contribution is -2.32. The molecule has 0 aliphatic heterocycles. The number of hydrogen-bond acceptors (Lipinski definition) is 8. The van der Waals surface area contributed by atoms with Crippen molar-refractivity contribution < 1.29 is 14.3 Å². The van der Waals surface area contributed by atoms with Crippen molar-refractivity contribution >= 4 is 29.2 Å². The fraction of sp³-hybridized carbons (Fsp3) is 0.238. The Labute approximate surface area is 180 Å². The van der Waals surface area contributed by atoms with E-state index in [0.717, 1.165) is 5.56 Å². The van der Waals surface area contributed by atoms with Crippen molar-refractivity contribution in [3.05, 3.63) is 54.5 Å². The molecule has 0 saturated heterocycles. The molecule has 10 nitrogen and oxygen atoms in total. The van der Waals surface area contributed by atoms with E-state index in [1.54, 1.807) is 44.7 Å². The minimum absolute atomic E-state index is 0.340. The van der Waals surface area contributed by atoms with Crippen LogP contribution in [0.2, 0.25) is 0 Å². The van der Waals surface area contributed by atoms with Gasteiger partial charge in [-0.25, -0.2) is 19.7 Å². The number of ether oxygens (including phenoxy) is 2. The first kappa shape index (κ1) is 21.6. The minimum atomic E-state index is -0.340. The predicted molar refractivity (Wildman–Crippen MR) is 119 cm³/mol.